The van der Waals surface area contributed by atoms with Crippen LogP contribution in [0.1, 0.15) is 62.2 Å². The van der Waals surface area contributed by atoms with Gasteiger partial charge in [0.15, 0.2) is 5.82 Å². The molecule has 1 saturated carbocycles. The van der Waals surface area contributed by atoms with Crippen molar-refractivity contribution < 1.29 is 14.4 Å². The first-order valence-corrected chi connectivity index (χ1v) is 8.28. The number of rotatable bonds is 5. The Kier molecular flexibility index (Phi) is 4.66. The van der Waals surface area contributed by atoms with E-state index in [-0.39, 0.29) is 0 Å². The van der Waals surface area contributed by atoms with Crippen molar-refractivity contribution in [2.75, 3.05) is 7.11 Å². The maximum atomic E-state index is 10.8. The monoisotopic (exact) mass is 316 g/mol. The van der Waals surface area contributed by atoms with E-state index in [1.165, 1.54) is 19.3 Å². The molecule has 1 aromatic heterocycles. The average Bonchev–Trinajstić information content (AvgIpc) is 3.03. The van der Waals surface area contributed by atoms with Gasteiger partial charge in [0.05, 0.1) is 12.7 Å². The van der Waals surface area contributed by atoms with E-state index >= 15 is 0 Å². The zero-order chi connectivity index (χ0) is 16.3. The Morgan fingerprint density at radius 3 is 2.57 bits per heavy atom. The maximum Gasteiger partial charge on any atom is 0.229 e. The zero-order valence-corrected chi connectivity index (χ0v) is 13.8. The van der Waals surface area contributed by atoms with E-state index in [2.05, 4.69) is 10.1 Å². The molecule has 5 nitrogen and oxygen atoms in total. The molecule has 5 heteroatoms. The second kappa shape index (κ2) is 6.71. The molecule has 2 aromatic rings. The van der Waals surface area contributed by atoms with Crippen molar-refractivity contribution in [1.29, 1.82) is 0 Å². The van der Waals surface area contributed by atoms with Gasteiger partial charge in [-0.25, -0.2) is 0 Å². The highest BCUT2D eigenvalue weighted by atomic mass is 16.5. The summed E-state index contributed by atoms with van der Waals surface area (Å²) in [6.07, 6.45) is 6.32. The van der Waals surface area contributed by atoms with E-state index in [4.69, 9.17) is 9.26 Å². The molecular weight excluding hydrogens is 292 g/mol. The molecule has 1 aliphatic rings. The summed E-state index contributed by atoms with van der Waals surface area (Å²) in [5.74, 6) is 2.44. The van der Waals surface area contributed by atoms with Crippen LogP contribution in [0.15, 0.2) is 28.8 Å². The van der Waals surface area contributed by atoms with Gasteiger partial charge < -0.3 is 14.4 Å². The number of aromatic nitrogens is 2. The van der Waals surface area contributed by atoms with E-state index in [1.54, 1.807) is 14.0 Å². The van der Waals surface area contributed by atoms with Crippen molar-refractivity contribution in [3.63, 3.8) is 0 Å². The highest BCUT2D eigenvalue weighted by Crippen LogP contribution is 2.32. The number of methoxy groups -OCH3 is 1. The molecule has 23 heavy (non-hydrogen) atoms. The van der Waals surface area contributed by atoms with Gasteiger partial charge in [0.1, 0.15) is 5.75 Å². The summed E-state index contributed by atoms with van der Waals surface area (Å²) >= 11 is 0. The molecule has 1 heterocycles. The van der Waals surface area contributed by atoms with Crippen LogP contribution in [0.25, 0.3) is 0 Å². The number of ether oxygens (including phenoxy) is 1. The number of nitrogens with zero attached hydrogens (tertiary/aromatic N) is 2. The molecule has 1 aliphatic carbocycles. The fraction of sp³-hybridized carbons (Fsp3) is 0.556. The lowest BCUT2D eigenvalue weighted by Crippen LogP contribution is -2.24. The van der Waals surface area contributed by atoms with E-state index in [0.29, 0.717) is 18.2 Å². The summed E-state index contributed by atoms with van der Waals surface area (Å²) in [5, 5.41) is 14.8. The Labute approximate surface area is 136 Å². The summed E-state index contributed by atoms with van der Waals surface area (Å²) in [6, 6.07) is 7.41. The molecule has 1 N–H and O–H groups in total. The van der Waals surface area contributed by atoms with E-state index in [1.807, 2.05) is 24.3 Å². The summed E-state index contributed by atoms with van der Waals surface area (Å²) in [5.41, 5.74) is -0.234. The minimum Gasteiger partial charge on any atom is -0.497 e. The average molecular weight is 316 g/mol. The van der Waals surface area contributed by atoms with Crippen LogP contribution < -0.4 is 4.74 Å². The van der Waals surface area contributed by atoms with Gasteiger partial charge >= 0.3 is 0 Å². The molecule has 1 atom stereocenters. The third-order valence-electron chi connectivity index (χ3n) is 4.65. The standard InChI is InChI=1S/C18H24N2O3/c1-18(21,14-8-10-15(22-2)11-9-14)12-16-19-17(23-20-16)13-6-4-3-5-7-13/h8-11,13,21H,3-7,12H2,1-2H3. The van der Waals surface area contributed by atoms with Crippen LogP contribution in [0.4, 0.5) is 0 Å². The maximum absolute atomic E-state index is 10.8. The predicted octanol–water partition coefficient (Wildman–Crippen LogP) is 3.58. The van der Waals surface area contributed by atoms with Crippen molar-refractivity contribution in [2.45, 2.75) is 57.0 Å². The topological polar surface area (TPSA) is 68.4 Å². The summed E-state index contributed by atoms with van der Waals surface area (Å²) in [7, 11) is 1.62. The van der Waals surface area contributed by atoms with Crippen molar-refractivity contribution in [2.24, 2.45) is 0 Å². The van der Waals surface area contributed by atoms with Crippen molar-refractivity contribution in [3.05, 3.63) is 41.5 Å². The van der Waals surface area contributed by atoms with Crippen LogP contribution >= 0.6 is 0 Å². The minimum atomic E-state index is -1.04. The molecule has 1 aromatic carbocycles. The van der Waals surface area contributed by atoms with Gasteiger partial charge in [0.25, 0.3) is 0 Å². The fourth-order valence-electron chi connectivity index (χ4n) is 3.21. The molecule has 124 valence electrons. The molecule has 1 fully saturated rings. The molecule has 0 bridgehead atoms. The van der Waals surface area contributed by atoms with Crippen molar-refractivity contribution in [1.82, 2.24) is 10.1 Å². The van der Waals surface area contributed by atoms with E-state index < -0.39 is 5.60 Å². The normalized spacial score (nSPS) is 18.6. The van der Waals surface area contributed by atoms with Gasteiger partial charge in [-0.3, -0.25) is 0 Å². The highest BCUT2D eigenvalue weighted by molar-refractivity contribution is 5.31. The van der Waals surface area contributed by atoms with Gasteiger partial charge in [-0.05, 0) is 37.5 Å². The zero-order valence-electron chi connectivity index (χ0n) is 13.8. The van der Waals surface area contributed by atoms with Gasteiger partial charge in [-0.1, -0.05) is 36.6 Å². The molecule has 0 saturated heterocycles. The second-order valence-electron chi connectivity index (χ2n) is 6.56. The molecule has 0 aliphatic heterocycles. The molecule has 0 amide bonds. The van der Waals surface area contributed by atoms with Gasteiger partial charge in [-0.15, -0.1) is 0 Å². The van der Waals surface area contributed by atoms with Crippen molar-refractivity contribution in [3.8, 4) is 5.75 Å². The molecule has 0 spiro atoms. The number of hydrogen-bond acceptors (Lipinski definition) is 5. The highest BCUT2D eigenvalue weighted by Gasteiger charge is 2.28. The number of aliphatic hydroxyl groups is 1. The third kappa shape index (κ3) is 3.72. The molecule has 3 rings (SSSR count). The lowest BCUT2D eigenvalue weighted by atomic mass is 9.89. The Hall–Kier alpha value is -1.88. The van der Waals surface area contributed by atoms with Crippen LogP contribution in [0, 0.1) is 0 Å². The summed E-state index contributed by atoms with van der Waals surface area (Å²) in [6.45, 7) is 1.77. The molecule has 0 radical (unpaired) electrons. The van der Waals surface area contributed by atoms with Gasteiger partial charge in [0, 0.05) is 12.3 Å². The lowest BCUT2D eigenvalue weighted by molar-refractivity contribution is 0.0548. The SMILES string of the molecule is COc1ccc(C(C)(O)Cc2noc(C3CCCCC3)n2)cc1. The molecule has 1 unspecified atom stereocenters. The first-order valence-electron chi connectivity index (χ1n) is 8.28. The van der Waals surface area contributed by atoms with Crippen LogP contribution in [-0.4, -0.2) is 22.4 Å². The predicted molar refractivity (Wildman–Crippen MR) is 86.4 cm³/mol. The van der Waals surface area contributed by atoms with Gasteiger partial charge in [-0.2, -0.15) is 4.98 Å². The van der Waals surface area contributed by atoms with Crippen molar-refractivity contribution >= 4 is 0 Å². The lowest BCUT2D eigenvalue weighted by Gasteiger charge is -2.22. The Balaban J connectivity index is 1.70. The third-order valence-corrected chi connectivity index (χ3v) is 4.65. The van der Waals surface area contributed by atoms with E-state index in [9.17, 15) is 5.11 Å². The fourth-order valence-corrected chi connectivity index (χ4v) is 3.21. The Bertz CT molecular complexity index is 628. The largest absolute Gasteiger partial charge is 0.497 e. The van der Waals surface area contributed by atoms with Crippen LogP contribution in [0.5, 0.6) is 5.75 Å². The van der Waals surface area contributed by atoms with E-state index in [0.717, 1.165) is 30.0 Å². The quantitative estimate of drug-likeness (QED) is 0.913. The van der Waals surface area contributed by atoms with Gasteiger partial charge in [0.2, 0.25) is 5.89 Å². The summed E-state index contributed by atoms with van der Waals surface area (Å²) < 4.78 is 10.6. The smallest absolute Gasteiger partial charge is 0.229 e. The Morgan fingerprint density at radius 2 is 1.91 bits per heavy atom. The second-order valence-corrected chi connectivity index (χ2v) is 6.56. The summed E-state index contributed by atoms with van der Waals surface area (Å²) in [4.78, 5) is 4.52. The first kappa shape index (κ1) is 16.0. The van der Waals surface area contributed by atoms with Crippen LogP contribution in [0.2, 0.25) is 0 Å². The minimum absolute atomic E-state index is 0.329. The molecular formula is C18H24N2O3. The number of hydrogen-bond donors (Lipinski definition) is 1. The Morgan fingerprint density at radius 1 is 1.22 bits per heavy atom. The number of benzene rings is 1. The first-order chi connectivity index (χ1) is 11.1. The van der Waals surface area contributed by atoms with Crippen LogP contribution in [0.3, 0.4) is 0 Å². The van der Waals surface area contributed by atoms with Crippen LogP contribution in [-0.2, 0) is 12.0 Å².